The van der Waals surface area contributed by atoms with Gasteiger partial charge in [0.05, 0.1) is 6.61 Å². The maximum absolute atomic E-state index is 13.6. The van der Waals surface area contributed by atoms with Crippen LogP contribution in [-0.4, -0.2) is 28.7 Å². The van der Waals surface area contributed by atoms with Gasteiger partial charge in [0.15, 0.2) is 0 Å². The molecule has 0 aromatic heterocycles. The van der Waals surface area contributed by atoms with Gasteiger partial charge in [-0.3, -0.25) is 0 Å². The first-order chi connectivity index (χ1) is 8.28. The first-order valence-electron chi connectivity index (χ1n) is 5.12. The van der Waals surface area contributed by atoms with Crippen LogP contribution in [0.15, 0.2) is 18.2 Å². The number of hydrogen-bond acceptors (Lipinski definition) is 5. The monoisotopic (exact) mass is 297 g/mol. The fourth-order valence-corrected chi connectivity index (χ4v) is 1.36. The highest BCUT2D eigenvalue weighted by Gasteiger charge is 2.47. The summed E-state index contributed by atoms with van der Waals surface area (Å²) >= 11 is 0. The van der Waals surface area contributed by atoms with Gasteiger partial charge in [0.2, 0.25) is 0 Å². The van der Waals surface area contributed by atoms with Crippen LogP contribution in [0.1, 0.15) is 18.5 Å². The van der Waals surface area contributed by atoms with E-state index in [0.29, 0.717) is 0 Å². The average Bonchev–Trinajstić information content (AvgIpc) is 2.26. The molecule has 1 rings (SSSR count). The number of alkyl halides is 2. The number of aromatic hydroxyl groups is 2. The molecule has 5 nitrogen and oxygen atoms in total. The molecule has 0 aliphatic rings. The number of nitrogens with two attached hydrogens (primary N) is 1. The summed E-state index contributed by atoms with van der Waals surface area (Å²) in [5.41, 5.74) is 5.00. The molecule has 0 bridgehead atoms. The number of hydrogen-bond donors (Lipinski definition) is 3. The fourth-order valence-electron chi connectivity index (χ4n) is 1.36. The van der Waals surface area contributed by atoms with E-state index in [4.69, 9.17) is 5.73 Å². The number of carbonyl (C=O) groups excluding carboxylic acids is 1. The number of rotatable bonds is 4. The van der Waals surface area contributed by atoms with E-state index < -0.39 is 29.4 Å². The molecule has 0 aliphatic heterocycles. The van der Waals surface area contributed by atoms with E-state index in [1.165, 1.54) is 6.92 Å². The van der Waals surface area contributed by atoms with E-state index in [2.05, 4.69) is 4.74 Å². The molecule has 0 radical (unpaired) electrons. The number of esters is 1. The lowest BCUT2D eigenvalue weighted by Crippen LogP contribution is -2.41. The Morgan fingerprint density at radius 3 is 2.26 bits per heavy atom. The number of phenolic OH excluding ortho intramolecular Hbond substituents is 2. The van der Waals surface area contributed by atoms with Gasteiger partial charge in [-0.25, -0.2) is 4.79 Å². The van der Waals surface area contributed by atoms with Gasteiger partial charge in [-0.1, -0.05) is 0 Å². The summed E-state index contributed by atoms with van der Waals surface area (Å²) in [6, 6.07) is 0.822. The highest BCUT2D eigenvalue weighted by molar-refractivity contribution is 5.85. The van der Waals surface area contributed by atoms with Crippen LogP contribution in [0.5, 0.6) is 11.5 Å². The van der Waals surface area contributed by atoms with Gasteiger partial charge < -0.3 is 20.7 Å². The largest absolute Gasteiger partial charge is 0.508 e. The molecule has 0 unspecified atom stereocenters. The van der Waals surface area contributed by atoms with E-state index in [1.54, 1.807) is 0 Å². The van der Waals surface area contributed by atoms with Gasteiger partial charge in [-0.15, -0.1) is 12.4 Å². The zero-order valence-electron chi connectivity index (χ0n) is 9.97. The third-order valence-electron chi connectivity index (χ3n) is 2.22. The molecule has 1 aromatic rings. The zero-order chi connectivity index (χ0) is 13.9. The first kappa shape index (κ1) is 17.4. The Morgan fingerprint density at radius 2 is 1.84 bits per heavy atom. The van der Waals surface area contributed by atoms with Crippen LogP contribution in [0.4, 0.5) is 8.78 Å². The van der Waals surface area contributed by atoms with Crippen LogP contribution < -0.4 is 5.73 Å². The number of carbonyl (C=O) groups is 1. The van der Waals surface area contributed by atoms with Crippen molar-refractivity contribution in [2.24, 2.45) is 5.73 Å². The van der Waals surface area contributed by atoms with Crippen LogP contribution in [0, 0.1) is 0 Å². The summed E-state index contributed by atoms with van der Waals surface area (Å²) in [6.07, 6.45) is 0. The van der Waals surface area contributed by atoms with Crippen LogP contribution in [0.3, 0.4) is 0 Å². The van der Waals surface area contributed by atoms with Crippen LogP contribution >= 0.6 is 12.4 Å². The van der Waals surface area contributed by atoms with Crippen molar-refractivity contribution in [3.05, 3.63) is 23.8 Å². The molecule has 0 saturated carbocycles. The summed E-state index contributed by atoms with van der Waals surface area (Å²) in [4.78, 5) is 11.1. The van der Waals surface area contributed by atoms with Gasteiger partial charge >= 0.3 is 11.9 Å². The second-order valence-electron chi connectivity index (χ2n) is 3.60. The summed E-state index contributed by atoms with van der Waals surface area (Å²) in [7, 11) is 0. The van der Waals surface area contributed by atoms with Crippen molar-refractivity contribution in [2.75, 3.05) is 6.61 Å². The second-order valence-corrected chi connectivity index (χ2v) is 3.60. The molecule has 4 N–H and O–H groups in total. The molecule has 1 aromatic carbocycles. The van der Waals surface area contributed by atoms with E-state index in [0.717, 1.165) is 18.2 Å². The zero-order valence-corrected chi connectivity index (χ0v) is 10.8. The van der Waals surface area contributed by atoms with E-state index >= 15 is 0 Å². The Labute approximate surface area is 114 Å². The smallest absolute Gasteiger partial charge is 0.379 e. The number of halogens is 3. The van der Waals surface area contributed by atoms with Crippen molar-refractivity contribution in [2.45, 2.75) is 18.9 Å². The first-order valence-corrected chi connectivity index (χ1v) is 5.12. The average molecular weight is 298 g/mol. The minimum atomic E-state index is -3.95. The molecule has 1 atom stereocenters. The van der Waals surface area contributed by atoms with Crippen molar-refractivity contribution in [1.29, 1.82) is 0 Å². The fraction of sp³-hybridized carbons (Fsp3) is 0.364. The summed E-state index contributed by atoms with van der Waals surface area (Å²) in [5, 5.41) is 18.3. The lowest BCUT2D eigenvalue weighted by molar-refractivity contribution is -0.174. The Balaban J connectivity index is 0.00000324. The van der Waals surface area contributed by atoms with Crippen LogP contribution in [0.25, 0.3) is 0 Å². The SMILES string of the molecule is CCOC(=O)C(F)(F)[C@@H](N)c1cc(O)cc(O)c1.Cl. The van der Waals surface area contributed by atoms with Crippen molar-refractivity contribution in [3.63, 3.8) is 0 Å². The minimum absolute atomic E-state index is 0. The van der Waals surface area contributed by atoms with Gasteiger partial charge in [-0.05, 0) is 24.6 Å². The molecule has 0 amide bonds. The quantitative estimate of drug-likeness (QED) is 0.736. The van der Waals surface area contributed by atoms with Gasteiger partial charge in [0.25, 0.3) is 0 Å². The Morgan fingerprint density at radius 1 is 1.37 bits per heavy atom. The van der Waals surface area contributed by atoms with Crippen molar-refractivity contribution in [1.82, 2.24) is 0 Å². The van der Waals surface area contributed by atoms with Crippen LogP contribution in [0.2, 0.25) is 0 Å². The van der Waals surface area contributed by atoms with Gasteiger partial charge in [0, 0.05) is 6.07 Å². The molecular formula is C11H14ClF2NO4. The maximum atomic E-state index is 13.6. The summed E-state index contributed by atoms with van der Waals surface area (Å²) < 4.78 is 31.4. The lowest BCUT2D eigenvalue weighted by atomic mass is 10.0. The Bertz CT molecular complexity index is 436. The summed E-state index contributed by atoms with van der Waals surface area (Å²) in [5.74, 6) is -6.56. The van der Waals surface area contributed by atoms with Crippen molar-refractivity contribution < 1.29 is 28.5 Å². The predicted octanol–water partition coefficient (Wildman–Crippen LogP) is 1.72. The molecule has 0 saturated heterocycles. The minimum Gasteiger partial charge on any atom is -0.508 e. The number of benzene rings is 1. The van der Waals surface area contributed by atoms with Crippen LogP contribution in [-0.2, 0) is 9.53 Å². The Hall–Kier alpha value is -1.60. The maximum Gasteiger partial charge on any atom is 0.379 e. The highest BCUT2D eigenvalue weighted by atomic mass is 35.5. The molecule has 19 heavy (non-hydrogen) atoms. The molecular weight excluding hydrogens is 284 g/mol. The third kappa shape index (κ3) is 3.93. The van der Waals surface area contributed by atoms with Crippen molar-refractivity contribution in [3.8, 4) is 11.5 Å². The molecule has 0 fully saturated rings. The molecule has 0 spiro atoms. The topological polar surface area (TPSA) is 92.8 Å². The molecule has 108 valence electrons. The van der Waals surface area contributed by atoms with E-state index in [1.807, 2.05) is 0 Å². The van der Waals surface area contributed by atoms with Crippen molar-refractivity contribution >= 4 is 18.4 Å². The lowest BCUT2D eigenvalue weighted by Gasteiger charge is -2.22. The standard InChI is InChI=1S/C11H13F2NO4.ClH/c1-2-18-10(17)11(12,13)9(14)6-3-7(15)5-8(16)4-6;/h3-5,9,15-16H,2,14H2,1H3;1H/t9-;/m0./s1. The second kappa shape index (κ2) is 6.53. The third-order valence-corrected chi connectivity index (χ3v) is 2.22. The summed E-state index contributed by atoms with van der Waals surface area (Å²) in [6.45, 7) is 1.19. The number of ether oxygens (including phenoxy) is 1. The molecule has 0 aliphatic carbocycles. The molecule has 8 heteroatoms. The van der Waals surface area contributed by atoms with E-state index in [-0.39, 0.29) is 24.6 Å². The number of phenols is 2. The van der Waals surface area contributed by atoms with Gasteiger partial charge in [0.1, 0.15) is 17.5 Å². The highest BCUT2D eigenvalue weighted by Crippen LogP contribution is 2.33. The molecule has 0 heterocycles. The predicted molar refractivity (Wildman–Crippen MR) is 65.5 cm³/mol. The van der Waals surface area contributed by atoms with Gasteiger partial charge in [-0.2, -0.15) is 8.78 Å². The normalized spacial score (nSPS) is 12.4. The van der Waals surface area contributed by atoms with E-state index in [9.17, 15) is 23.8 Å². The Kier molecular flexibility index (Phi) is 5.98.